The van der Waals surface area contributed by atoms with Gasteiger partial charge in [-0.05, 0) is 17.7 Å². The molecule has 1 aromatic rings. The van der Waals surface area contributed by atoms with Crippen LogP contribution >= 0.6 is 0 Å². The number of nitrogens with one attached hydrogen (secondary N) is 1. The Kier molecular flexibility index (Phi) is 4.32. The Morgan fingerprint density at radius 1 is 1.31 bits per heavy atom. The van der Waals surface area contributed by atoms with Crippen LogP contribution in [-0.2, 0) is 16.0 Å². The number of carbonyl (C=O) groups is 2. The Balaban J connectivity index is 2.37. The number of carboxylic acid groups (broad SMARTS) is 1. The van der Waals surface area contributed by atoms with Crippen molar-refractivity contribution < 1.29 is 19.8 Å². The van der Waals surface area contributed by atoms with Crippen molar-refractivity contribution in [1.29, 1.82) is 0 Å². The molecular weight excluding hydrogens is 210 g/mol. The lowest BCUT2D eigenvalue weighted by molar-refractivity contribution is -0.136. The van der Waals surface area contributed by atoms with E-state index >= 15 is 0 Å². The number of carboxylic acids is 1. The summed E-state index contributed by atoms with van der Waals surface area (Å²) < 4.78 is 0. The Bertz CT molecular complexity index is 389. The van der Waals surface area contributed by atoms with Crippen molar-refractivity contribution in [3.63, 3.8) is 0 Å². The summed E-state index contributed by atoms with van der Waals surface area (Å²) in [4.78, 5) is 21.5. The number of rotatable bonds is 5. The highest BCUT2D eigenvalue weighted by molar-refractivity contribution is 5.79. The molecule has 0 unspecified atom stereocenters. The molecule has 86 valence electrons. The second kappa shape index (κ2) is 5.75. The molecule has 0 aromatic heterocycles. The average Bonchev–Trinajstić information content (AvgIpc) is 2.16. The van der Waals surface area contributed by atoms with Gasteiger partial charge in [0, 0.05) is 6.54 Å². The van der Waals surface area contributed by atoms with Gasteiger partial charge in [0.2, 0.25) is 5.91 Å². The van der Waals surface area contributed by atoms with Crippen molar-refractivity contribution in [3.8, 4) is 5.75 Å². The van der Waals surface area contributed by atoms with Crippen LogP contribution in [0.3, 0.4) is 0 Å². The highest BCUT2D eigenvalue weighted by Crippen LogP contribution is 2.10. The third-order valence-corrected chi connectivity index (χ3v) is 1.94. The third kappa shape index (κ3) is 4.45. The number of amides is 1. The largest absolute Gasteiger partial charge is 0.508 e. The van der Waals surface area contributed by atoms with Gasteiger partial charge in [-0.1, -0.05) is 12.1 Å². The lowest BCUT2D eigenvalue weighted by atomic mass is 10.1. The summed E-state index contributed by atoms with van der Waals surface area (Å²) in [5, 5.41) is 20.0. The molecule has 0 bridgehead atoms. The molecule has 16 heavy (non-hydrogen) atoms. The Morgan fingerprint density at radius 2 is 2.06 bits per heavy atom. The van der Waals surface area contributed by atoms with E-state index < -0.39 is 5.97 Å². The van der Waals surface area contributed by atoms with Crippen LogP contribution in [0.5, 0.6) is 5.75 Å². The van der Waals surface area contributed by atoms with E-state index in [9.17, 15) is 9.59 Å². The first kappa shape index (κ1) is 12.0. The molecular formula is C11H13NO4. The lowest BCUT2D eigenvalue weighted by Gasteiger charge is -2.03. The fourth-order valence-electron chi connectivity index (χ4n) is 1.22. The molecule has 1 rings (SSSR count). The Hall–Kier alpha value is -2.04. The smallest absolute Gasteiger partial charge is 0.305 e. The molecule has 5 heteroatoms. The summed E-state index contributed by atoms with van der Waals surface area (Å²) in [6.07, 6.45) is 0.0415. The van der Waals surface area contributed by atoms with E-state index in [1.807, 2.05) is 0 Å². The number of aromatic hydroxyl groups is 1. The van der Waals surface area contributed by atoms with Crippen LogP contribution in [0.15, 0.2) is 24.3 Å². The fraction of sp³-hybridized carbons (Fsp3) is 0.273. The van der Waals surface area contributed by atoms with E-state index in [-0.39, 0.29) is 31.0 Å². The van der Waals surface area contributed by atoms with Crippen LogP contribution in [-0.4, -0.2) is 28.6 Å². The van der Waals surface area contributed by atoms with Crippen molar-refractivity contribution >= 4 is 11.9 Å². The lowest BCUT2D eigenvalue weighted by Crippen LogP contribution is -2.27. The minimum absolute atomic E-state index is 0.0915. The van der Waals surface area contributed by atoms with Gasteiger partial charge in [-0.2, -0.15) is 0 Å². The van der Waals surface area contributed by atoms with E-state index in [0.29, 0.717) is 5.56 Å². The van der Waals surface area contributed by atoms with E-state index in [1.165, 1.54) is 12.1 Å². The van der Waals surface area contributed by atoms with Crippen molar-refractivity contribution in [2.24, 2.45) is 0 Å². The SMILES string of the molecule is O=C(O)CCNC(=O)Cc1cccc(O)c1. The minimum atomic E-state index is -0.947. The van der Waals surface area contributed by atoms with E-state index in [4.69, 9.17) is 10.2 Å². The number of phenolic OH excluding ortho intramolecular Hbond substituents is 1. The van der Waals surface area contributed by atoms with Crippen LogP contribution in [0.25, 0.3) is 0 Å². The molecule has 0 heterocycles. The number of hydrogen-bond donors (Lipinski definition) is 3. The average molecular weight is 223 g/mol. The van der Waals surface area contributed by atoms with E-state index in [2.05, 4.69) is 5.32 Å². The number of phenols is 1. The van der Waals surface area contributed by atoms with Gasteiger partial charge in [0.1, 0.15) is 5.75 Å². The second-order valence-electron chi connectivity index (χ2n) is 3.34. The maximum atomic E-state index is 11.3. The van der Waals surface area contributed by atoms with Crippen LogP contribution < -0.4 is 5.32 Å². The molecule has 3 N–H and O–H groups in total. The number of benzene rings is 1. The standard InChI is InChI=1S/C11H13NO4/c13-9-3-1-2-8(6-9)7-10(14)12-5-4-11(15)16/h1-3,6,13H,4-5,7H2,(H,12,14)(H,15,16). The first-order chi connectivity index (χ1) is 7.58. The molecule has 1 amide bonds. The Labute approximate surface area is 92.7 Å². The first-order valence-electron chi connectivity index (χ1n) is 4.84. The maximum absolute atomic E-state index is 11.3. The van der Waals surface area contributed by atoms with Gasteiger partial charge < -0.3 is 15.5 Å². The van der Waals surface area contributed by atoms with Crippen molar-refractivity contribution in [2.75, 3.05) is 6.54 Å². The minimum Gasteiger partial charge on any atom is -0.508 e. The fourth-order valence-corrected chi connectivity index (χ4v) is 1.22. The number of aliphatic carboxylic acids is 1. The highest BCUT2D eigenvalue weighted by Gasteiger charge is 2.04. The zero-order valence-electron chi connectivity index (χ0n) is 8.64. The van der Waals surface area contributed by atoms with Crippen LogP contribution in [0.2, 0.25) is 0 Å². The van der Waals surface area contributed by atoms with Gasteiger partial charge in [0.25, 0.3) is 0 Å². The number of hydrogen-bond acceptors (Lipinski definition) is 3. The van der Waals surface area contributed by atoms with Crippen LogP contribution in [0, 0.1) is 0 Å². The van der Waals surface area contributed by atoms with Gasteiger partial charge in [-0.3, -0.25) is 9.59 Å². The Morgan fingerprint density at radius 3 is 2.69 bits per heavy atom. The van der Waals surface area contributed by atoms with E-state index in [1.54, 1.807) is 12.1 Å². The van der Waals surface area contributed by atoms with Crippen LogP contribution in [0.1, 0.15) is 12.0 Å². The highest BCUT2D eigenvalue weighted by atomic mass is 16.4. The van der Waals surface area contributed by atoms with Gasteiger partial charge in [0.15, 0.2) is 0 Å². The molecule has 0 fully saturated rings. The topological polar surface area (TPSA) is 86.6 Å². The predicted molar refractivity (Wildman–Crippen MR) is 57.1 cm³/mol. The molecule has 0 atom stereocenters. The van der Waals surface area contributed by atoms with Crippen molar-refractivity contribution in [3.05, 3.63) is 29.8 Å². The molecule has 0 saturated carbocycles. The van der Waals surface area contributed by atoms with E-state index in [0.717, 1.165) is 0 Å². The summed E-state index contributed by atoms with van der Waals surface area (Å²) in [5.74, 6) is -1.10. The monoisotopic (exact) mass is 223 g/mol. The van der Waals surface area contributed by atoms with Gasteiger partial charge in [-0.15, -0.1) is 0 Å². The van der Waals surface area contributed by atoms with Gasteiger partial charge >= 0.3 is 5.97 Å². The summed E-state index contributed by atoms with van der Waals surface area (Å²) in [5.41, 5.74) is 0.688. The molecule has 0 aliphatic rings. The zero-order valence-corrected chi connectivity index (χ0v) is 8.64. The molecule has 0 radical (unpaired) electrons. The molecule has 0 saturated heterocycles. The summed E-state index contributed by atoms with van der Waals surface area (Å²) >= 11 is 0. The molecule has 0 aliphatic heterocycles. The number of carbonyl (C=O) groups excluding carboxylic acids is 1. The second-order valence-corrected chi connectivity index (χ2v) is 3.34. The normalized spacial score (nSPS) is 9.75. The molecule has 5 nitrogen and oxygen atoms in total. The molecule has 0 aliphatic carbocycles. The quantitative estimate of drug-likeness (QED) is 0.679. The van der Waals surface area contributed by atoms with Crippen LogP contribution in [0.4, 0.5) is 0 Å². The third-order valence-electron chi connectivity index (χ3n) is 1.94. The molecule has 1 aromatic carbocycles. The summed E-state index contributed by atoms with van der Waals surface area (Å²) in [7, 11) is 0. The first-order valence-corrected chi connectivity index (χ1v) is 4.84. The summed E-state index contributed by atoms with van der Waals surface area (Å²) in [6.45, 7) is 0.118. The van der Waals surface area contributed by atoms with Gasteiger partial charge in [-0.25, -0.2) is 0 Å². The van der Waals surface area contributed by atoms with Crippen molar-refractivity contribution in [1.82, 2.24) is 5.32 Å². The maximum Gasteiger partial charge on any atom is 0.305 e. The van der Waals surface area contributed by atoms with Crippen molar-refractivity contribution in [2.45, 2.75) is 12.8 Å². The predicted octanol–water partition coefficient (Wildman–Crippen LogP) is 0.526. The molecule has 0 spiro atoms. The zero-order chi connectivity index (χ0) is 12.0. The summed E-state index contributed by atoms with van der Waals surface area (Å²) in [6, 6.07) is 6.38. The van der Waals surface area contributed by atoms with Gasteiger partial charge in [0.05, 0.1) is 12.8 Å².